The van der Waals surface area contributed by atoms with Crippen LogP contribution in [0.25, 0.3) is 11.0 Å². The van der Waals surface area contributed by atoms with Gasteiger partial charge in [-0.2, -0.15) is 0 Å². The third-order valence-electron chi connectivity index (χ3n) is 3.62. The second-order valence-corrected chi connectivity index (χ2v) is 6.68. The lowest BCUT2D eigenvalue weighted by atomic mass is 10.2. The summed E-state index contributed by atoms with van der Waals surface area (Å²) in [7, 11) is 0. The maximum Gasteiger partial charge on any atom is 0.128 e. The maximum atomic E-state index is 13.6. The molecule has 1 aromatic carbocycles. The molecule has 0 amide bonds. The van der Waals surface area contributed by atoms with E-state index >= 15 is 0 Å². The fourth-order valence-corrected chi connectivity index (χ4v) is 3.68. The van der Waals surface area contributed by atoms with Crippen molar-refractivity contribution in [1.29, 1.82) is 0 Å². The van der Waals surface area contributed by atoms with Gasteiger partial charge in [0, 0.05) is 4.88 Å². The van der Waals surface area contributed by atoms with Crippen molar-refractivity contribution in [2.75, 3.05) is 0 Å². The summed E-state index contributed by atoms with van der Waals surface area (Å²) < 4.78 is 15.6. The predicted molar refractivity (Wildman–Crippen MR) is 86.8 cm³/mol. The smallest absolute Gasteiger partial charge is 0.128 e. The molecule has 0 bridgehead atoms. The van der Waals surface area contributed by atoms with E-state index in [1.807, 2.05) is 11.5 Å². The Morgan fingerprint density at radius 1 is 1.38 bits per heavy atom. The Morgan fingerprint density at radius 3 is 2.90 bits per heavy atom. The standard InChI is InChI=1S/C16H16ClFN2S/c1-3-11-6-7-21-15(11)9-20-14-8-12(18)4-5-13(14)19-16(20)10(2)17/h4-8,10H,3,9H2,1-2H3. The molecule has 0 spiro atoms. The molecule has 5 heteroatoms. The van der Waals surface area contributed by atoms with Crippen molar-refractivity contribution in [2.45, 2.75) is 32.2 Å². The van der Waals surface area contributed by atoms with Crippen molar-refractivity contribution in [3.05, 3.63) is 51.7 Å². The van der Waals surface area contributed by atoms with Crippen molar-refractivity contribution in [3.63, 3.8) is 0 Å². The van der Waals surface area contributed by atoms with Gasteiger partial charge in [-0.05, 0) is 48.6 Å². The molecule has 0 aliphatic rings. The molecule has 2 heterocycles. The van der Waals surface area contributed by atoms with E-state index < -0.39 is 0 Å². The van der Waals surface area contributed by atoms with E-state index in [-0.39, 0.29) is 11.2 Å². The summed E-state index contributed by atoms with van der Waals surface area (Å²) in [5, 5.41) is 1.88. The van der Waals surface area contributed by atoms with E-state index in [2.05, 4.69) is 23.4 Å². The minimum Gasteiger partial charge on any atom is -0.321 e. The number of nitrogens with zero attached hydrogens (tertiary/aromatic N) is 2. The number of alkyl halides is 1. The SMILES string of the molecule is CCc1ccsc1Cn1c(C(C)Cl)nc2ccc(F)cc21. The van der Waals surface area contributed by atoms with Crippen LogP contribution in [0.3, 0.4) is 0 Å². The normalized spacial score (nSPS) is 13.0. The van der Waals surface area contributed by atoms with Gasteiger partial charge in [0.05, 0.1) is 23.0 Å². The van der Waals surface area contributed by atoms with Crippen LogP contribution >= 0.6 is 22.9 Å². The average molecular weight is 323 g/mol. The molecule has 0 aliphatic carbocycles. The first-order chi connectivity index (χ1) is 10.1. The van der Waals surface area contributed by atoms with Crippen LogP contribution in [0.5, 0.6) is 0 Å². The second-order valence-electron chi connectivity index (χ2n) is 5.03. The van der Waals surface area contributed by atoms with Crippen LogP contribution in [0.15, 0.2) is 29.6 Å². The van der Waals surface area contributed by atoms with Gasteiger partial charge in [0.1, 0.15) is 11.6 Å². The quantitative estimate of drug-likeness (QED) is 0.607. The van der Waals surface area contributed by atoms with Crippen LogP contribution in [0.1, 0.15) is 35.5 Å². The zero-order valence-electron chi connectivity index (χ0n) is 11.9. The highest BCUT2D eigenvalue weighted by atomic mass is 35.5. The third-order valence-corrected chi connectivity index (χ3v) is 4.76. The van der Waals surface area contributed by atoms with E-state index in [9.17, 15) is 4.39 Å². The molecule has 0 aliphatic heterocycles. The summed E-state index contributed by atoms with van der Waals surface area (Å²) in [5.41, 5.74) is 2.91. The lowest BCUT2D eigenvalue weighted by Gasteiger charge is -2.10. The number of fused-ring (bicyclic) bond motifs is 1. The number of hydrogen-bond acceptors (Lipinski definition) is 2. The number of aryl methyl sites for hydroxylation is 1. The molecule has 0 saturated carbocycles. The first-order valence-electron chi connectivity index (χ1n) is 6.95. The van der Waals surface area contributed by atoms with E-state index in [0.717, 1.165) is 23.3 Å². The number of hydrogen-bond donors (Lipinski definition) is 0. The summed E-state index contributed by atoms with van der Waals surface area (Å²) in [4.78, 5) is 5.84. The van der Waals surface area contributed by atoms with E-state index in [1.54, 1.807) is 17.4 Å². The first-order valence-corrected chi connectivity index (χ1v) is 8.26. The number of benzene rings is 1. The fourth-order valence-electron chi connectivity index (χ4n) is 2.55. The molecule has 2 aromatic heterocycles. The van der Waals surface area contributed by atoms with Crippen LogP contribution in [-0.4, -0.2) is 9.55 Å². The third kappa shape index (κ3) is 2.70. The Bertz CT molecular complexity index is 776. The maximum absolute atomic E-state index is 13.6. The lowest BCUT2D eigenvalue weighted by Crippen LogP contribution is -2.06. The monoisotopic (exact) mass is 322 g/mol. The summed E-state index contributed by atoms with van der Waals surface area (Å²) in [6.07, 6.45) is 0.992. The Hall–Kier alpha value is -1.39. The molecule has 1 atom stereocenters. The second kappa shape index (κ2) is 5.78. The number of thiophene rings is 1. The van der Waals surface area contributed by atoms with Crippen molar-refractivity contribution < 1.29 is 4.39 Å². The average Bonchev–Trinajstić information content (AvgIpc) is 3.04. The summed E-state index contributed by atoms with van der Waals surface area (Å²) >= 11 is 7.98. The van der Waals surface area contributed by atoms with Gasteiger partial charge in [0.2, 0.25) is 0 Å². The Labute approximate surface area is 132 Å². The number of halogens is 2. The zero-order chi connectivity index (χ0) is 15.0. The Balaban J connectivity index is 2.15. The van der Waals surface area contributed by atoms with Gasteiger partial charge in [0.25, 0.3) is 0 Å². The highest BCUT2D eigenvalue weighted by molar-refractivity contribution is 7.10. The molecular formula is C16H16ClFN2S. The van der Waals surface area contributed by atoms with Gasteiger partial charge < -0.3 is 4.57 Å². The molecule has 2 nitrogen and oxygen atoms in total. The fraction of sp³-hybridized carbons (Fsp3) is 0.312. The Morgan fingerprint density at radius 2 is 2.19 bits per heavy atom. The number of aromatic nitrogens is 2. The minimum absolute atomic E-state index is 0.217. The van der Waals surface area contributed by atoms with Crippen molar-refractivity contribution in [2.24, 2.45) is 0 Å². The van der Waals surface area contributed by atoms with E-state index in [4.69, 9.17) is 11.6 Å². The topological polar surface area (TPSA) is 17.8 Å². The highest BCUT2D eigenvalue weighted by Crippen LogP contribution is 2.28. The molecule has 21 heavy (non-hydrogen) atoms. The van der Waals surface area contributed by atoms with Gasteiger partial charge in [-0.25, -0.2) is 9.37 Å². The van der Waals surface area contributed by atoms with Gasteiger partial charge in [0.15, 0.2) is 0 Å². The zero-order valence-corrected chi connectivity index (χ0v) is 13.5. The summed E-state index contributed by atoms with van der Waals surface area (Å²) in [6.45, 7) is 4.72. The molecular weight excluding hydrogens is 307 g/mol. The number of rotatable bonds is 4. The predicted octanol–water partition coefficient (Wildman–Crippen LogP) is 5.15. The Kier molecular flexibility index (Phi) is 4.00. The van der Waals surface area contributed by atoms with Gasteiger partial charge in [-0.1, -0.05) is 6.92 Å². The number of imidazole rings is 1. The van der Waals surface area contributed by atoms with Gasteiger partial charge in [-0.15, -0.1) is 22.9 Å². The van der Waals surface area contributed by atoms with Crippen LogP contribution in [-0.2, 0) is 13.0 Å². The molecule has 0 fully saturated rings. The molecule has 1 unspecified atom stereocenters. The first kappa shape index (κ1) is 14.5. The summed E-state index contributed by atoms with van der Waals surface area (Å²) in [6, 6.07) is 6.82. The minimum atomic E-state index is -0.251. The van der Waals surface area contributed by atoms with E-state index in [0.29, 0.717) is 6.54 Å². The van der Waals surface area contributed by atoms with Crippen LogP contribution in [0.2, 0.25) is 0 Å². The molecule has 0 radical (unpaired) electrons. The lowest BCUT2D eigenvalue weighted by molar-refractivity contribution is 0.628. The largest absolute Gasteiger partial charge is 0.321 e. The molecule has 110 valence electrons. The van der Waals surface area contributed by atoms with Crippen molar-refractivity contribution >= 4 is 34.0 Å². The molecule has 0 saturated heterocycles. The van der Waals surface area contributed by atoms with Gasteiger partial charge in [-0.3, -0.25) is 0 Å². The highest BCUT2D eigenvalue weighted by Gasteiger charge is 2.17. The molecule has 0 N–H and O–H groups in total. The van der Waals surface area contributed by atoms with E-state index in [1.165, 1.54) is 22.6 Å². The van der Waals surface area contributed by atoms with Crippen molar-refractivity contribution in [3.8, 4) is 0 Å². The van der Waals surface area contributed by atoms with Crippen LogP contribution in [0.4, 0.5) is 4.39 Å². The molecule has 3 rings (SSSR count). The molecule has 3 aromatic rings. The summed E-state index contributed by atoms with van der Waals surface area (Å²) in [5.74, 6) is 0.534. The van der Waals surface area contributed by atoms with Crippen LogP contribution < -0.4 is 0 Å². The van der Waals surface area contributed by atoms with Crippen LogP contribution in [0, 0.1) is 5.82 Å². The van der Waals surface area contributed by atoms with Crippen molar-refractivity contribution in [1.82, 2.24) is 9.55 Å². The van der Waals surface area contributed by atoms with Gasteiger partial charge >= 0.3 is 0 Å².